The third kappa shape index (κ3) is 2.45. The molecule has 3 rings (SSSR count). The second kappa shape index (κ2) is 5.34. The Morgan fingerprint density at radius 3 is 2.48 bits per heavy atom. The molecule has 0 unspecified atom stereocenters. The number of nitriles is 1. The predicted molar refractivity (Wildman–Crippen MR) is 87.1 cm³/mol. The molecule has 0 aliphatic heterocycles. The summed E-state index contributed by atoms with van der Waals surface area (Å²) in [5.74, 6) is 0.492. The maximum atomic E-state index is 9.47. The minimum atomic E-state index is 0.492. The van der Waals surface area contributed by atoms with Crippen molar-refractivity contribution in [3.63, 3.8) is 0 Å². The van der Waals surface area contributed by atoms with Gasteiger partial charge in [-0.15, -0.1) is 0 Å². The molecule has 3 aromatic rings. The lowest BCUT2D eigenvalue weighted by Gasteiger charge is -2.05. The molecule has 0 N–H and O–H groups in total. The van der Waals surface area contributed by atoms with E-state index >= 15 is 0 Å². The molecular weight excluding hydrogens is 326 g/mol. The fraction of sp³-hybridized carbons (Fsp3) is 0.176. The van der Waals surface area contributed by atoms with Crippen molar-refractivity contribution in [3.8, 4) is 17.3 Å². The Kier molecular flexibility index (Phi) is 3.52. The number of benzene rings is 1. The Morgan fingerprint density at radius 2 is 1.86 bits per heavy atom. The zero-order valence-corrected chi connectivity index (χ0v) is 13.4. The zero-order chi connectivity index (χ0) is 15.0. The van der Waals surface area contributed by atoms with E-state index in [2.05, 4.69) is 53.0 Å². The standard InChI is InChI=1S/C17H14BrN3/c1-11(2)12-3-5-13(6-4-12)17-15(9-19)21-10-14(18)7-8-16(21)20-17/h3-8,10-11H,1-2H3. The van der Waals surface area contributed by atoms with Crippen LogP contribution in [0.15, 0.2) is 47.1 Å². The molecule has 0 bridgehead atoms. The van der Waals surface area contributed by atoms with Gasteiger partial charge < -0.3 is 0 Å². The quantitative estimate of drug-likeness (QED) is 0.675. The molecule has 0 spiro atoms. The third-order valence-electron chi connectivity index (χ3n) is 3.54. The van der Waals surface area contributed by atoms with Crippen LogP contribution in [0.5, 0.6) is 0 Å². The van der Waals surface area contributed by atoms with Crippen LogP contribution in [0.2, 0.25) is 0 Å². The van der Waals surface area contributed by atoms with Crippen molar-refractivity contribution in [2.75, 3.05) is 0 Å². The second-order valence-electron chi connectivity index (χ2n) is 5.27. The van der Waals surface area contributed by atoms with Gasteiger partial charge in [-0.2, -0.15) is 5.26 Å². The van der Waals surface area contributed by atoms with E-state index < -0.39 is 0 Å². The van der Waals surface area contributed by atoms with Gasteiger partial charge in [-0.05, 0) is 39.5 Å². The van der Waals surface area contributed by atoms with E-state index in [4.69, 9.17) is 0 Å². The molecule has 104 valence electrons. The van der Waals surface area contributed by atoms with Crippen LogP contribution in [0.3, 0.4) is 0 Å². The Bertz CT molecular complexity index is 839. The van der Waals surface area contributed by atoms with Crippen LogP contribution in [-0.2, 0) is 0 Å². The Labute approximate surface area is 132 Å². The van der Waals surface area contributed by atoms with Crippen molar-refractivity contribution in [1.82, 2.24) is 9.38 Å². The largest absolute Gasteiger partial charge is 0.290 e. The second-order valence-corrected chi connectivity index (χ2v) is 6.19. The van der Waals surface area contributed by atoms with Gasteiger partial charge in [0.25, 0.3) is 0 Å². The number of aromatic nitrogens is 2. The van der Waals surface area contributed by atoms with Gasteiger partial charge in [0.2, 0.25) is 0 Å². The molecule has 0 fully saturated rings. The Hall–Kier alpha value is -2.12. The lowest BCUT2D eigenvalue weighted by atomic mass is 10.0. The van der Waals surface area contributed by atoms with Crippen molar-refractivity contribution in [2.24, 2.45) is 0 Å². The molecule has 1 aromatic carbocycles. The summed E-state index contributed by atoms with van der Waals surface area (Å²) in [5, 5.41) is 9.47. The number of rotatable bonds is 2. The number of pyridine rings is 1. The molecule has 0 saturated heterocycles. The normalized spacial score (nSPS) is 11.0. The molecule has 4 heteroatoms. The number of halogens is 1. The molecule has 0 aliphatic carbocycles. The summed E-state index contributed by atoms with van der Waals surface area (Å²) < 4.78 is 2.74. The molecule has 21 heavy (non-hydrogen) atoms. The number of nitrogens with zero attached hydrogens (tertiary/aromatic N) is 3. The highest BCUT2D eigenvalue weighted by Gasteiger charge is 2.14. The number of hydrogen-bond donors (Lipinski definition) is 0. The van der Waals surface area contributed by atoms with Gasteiger partial charge in [0, 0.05) is 16.2 Å². The summed E-state index contributed by atoms with van der Waals surface area (Å²) >= 11 is 3.43. The zero-order valence-electron chi connectivity index (χ0n) is 11.8. The summed E-state index contributed by atoms with van der Waals surface area (Å²) in [6.45, 7) is 4.33. The van der Waals surface area contributed by atoms with E-state index in [0.717, 1.165) is 21.4 Å². The van der Waals surface area contributed by atoms with E-state index in [-0.39, 0.29) is 0 Å². The van der Waals surface area contributed by atoms with E-state index in [1.807, 2.05) is 34.9 Å². The summed E-state index contributed by atoms with van der Waals surface area (Å²) in [5.41, 5.74) is 4.31. The Balaban J connectivity index is 2.18. The molecule has 0 amide bonds. The van der Waals surface area contributed by atoms with Crippen LogP contribution in [-0.4, -0.2) is 9.38 Å². The SMILES string of the molecule is CC(C)c1ccc(-c2nc3ccc(Br)cn3c2C#N)cc1. The van der Waals surface area contributed by atoms with E-state index in [1.54, 1.807) is 0 Å². The van der Waals surface area contributed by atoms with Crippen LogP contribution < -0.4 is 0 Å². The topological polar surface area (TPSA) is 41.1 Å². The maximum absolute atomic E-state index is 9.47. The van der Waals surface area contributed by atoms with Crippen LogP contribution in [0.25, 0.3) is 16.9 Å². The highest BCUT2D eigenvalue weighted by Crippen LogP contribution is 2.26. The summed E-state index contributed by atoms with van der Waals surface area (Å²) in [4.78, 5) is 4.59. The van der Waals surface area contributed by atoms with Gasteiger partial charge in [-0.1, -0.05) is 38.1 Å². The van der Waals surface area contributed by atoms with Crippen LogP contribution in [0.4, 0.5) is 0 Å². The molecular formula is C17H14BrN3. The lowest BCUT2D eigenvalue weighted by Crippen LogP contribution is -1.90. The fourth-order valence-corrected chi connectivity index (χ4v) is 2.69. The first-order valence-electron chi connectivity index (χ1n) is 6.78. The first kappa shape index (κ1) is 13.8. The van der Waals surface area contributed by atoms with E-state index in [1.165, 1.54) is 5.56 Å². The van der Waals surface area contributed by atoms with Gasteiger partial charge in [0.1, 0.15) is 17.4 Å². The molecule has 0 aliphatic rings. The van der Waals surface area contributed by atoms with Crippen molar-refractivity contribution in [1.29, 1.82) is 5.26 Å². The monoisotopic (exact) mass is 339 g/mol. The molecule has 3 nitrogen and oxygen atoms in total. The lowest BCUT2D eigenvalue weighted by molar-refractivity contribution is 0.867. The number of imidazole rings is 1. The van der Waals surface area contributed by atoms with Crippen molar-refractivity contribution < 1.29 is 0 Å². The van der Waals surface area contributed by atoms with Gasteiger partial charge in [-0.3, -0.25) is 4.40 Å². The summed E-state index contributed by atoms with van der Waals surface area (Å²) in [6.07, 6.45) is 1.87. The highest BCUT2D eigenvalue weighted by atomic mass is 79.9. The minimum absolute atomic E-state index is 0.492. The average Bonchev–Trinajstić information content (AvgIpc) is 2.85. The summed E-state index contributed by atoms with van der Waals surface area (Å²) in [6, 6.07) is 14.4. The van der Waals surface area contributed by atoms with E-state index in [0.29, 0.717) is 11.6 Å². The van der Waals surface area contributed by atoms with Gasteiger partial charge >= 0.3 is 0 Å². The van der Waals surface area contributed by atoms with Crippen molar-refractivity contribution in [3.05, 3.63) is 58.3 Å². The van der Waals surface area contributed by atoms with Crippen LogP contribution >= 0.6 is 15.9 Å². The van der Waals surface area contributed by atoms with Gasteiger partial charge in [-0.25, -0.2) is 4.98 Å². The van der Waals surface area contributed by atoms with Gasteiger partial charge in [0.05, 0.1) is 0 Å². The predicted octanol–water partition coefficient (Wildman–Crippen LogP) is 4.76. The molecule has 0 saturated carbocycles. The Morgan fingerprint density at radius 1 is 1.14 bits per heavy atom. The number of fused-ring (bicyclic) bond motifs is 1. The maximum Gasteiger partial charge on any atom is 0.152 e. The van der Waals surface area contributed by atoms with Crippen molar-refractivity contribution in [2.45, 2.75) is 19.8 Å². The molecule has 0 atom stereocenters. The minimum Gasteiger partial charge on any atom is -0.290 e. The number of hydrogen-bond acceptors (Lipinski definition) is 2. The van der Waals surface area contributed by atoms with Crippen LogP contribution in [0, 0.1) is 11.3 Å². The molecule has 2 aromatic heterocycles. The average molecular weight is 340 g/mol. The first-order valence-corrected chi connectivity index (χ1v) is 7.57. The fourth-order valence-electron chi connectivity index (χ4n) is 2.35. The highest BCUT2D eigenvalue weighted by molar-refractivity contribution is 9.10. The smallest absolute Gasteiger partial charge is 0.152 e. The summed E-state index contributed by atoms with van der Waals surface area (Å²) in [7, 11) is 0. The van der Waals surface area contributed by atoms with Crippen molar-refractivity contribution >= 4 is 21.6 Å². The van der Waals surface area contributed by atoms with Gasteiger partial charge in [0.15, 0.2) is 5.69 Å². The van der Waals surface area contributed by atoms with Crippen LogP contribution in [0.1, 0.15) is 31.0 Å². The first-order chi connectivity index (χ1) is 10.1. The van der Waals surface area contributed by atoms with E-state index in [9.17, 15) is 5.26 Å². The molecule has 2 heterocycles. The molecule has 0 radical (unpaired) electrons. The third-order valence-corrected chi connectivity index (χ3v) is 4.01.